The molecule has 2 N–H and O–H groups in total. The normalized spacial score (nSPS) is 11.0. The number of carbonyl (C=O) groups excluding carboxylic acids is 1. The van der Waals surface area contributed by atoms with Crippen LogP contribution in [0.4, 0.5) is 11.4 Å². The van der Waals surface area contributed by atoms with E-state index in [0.717, 1.165) is 11.1 Å². The number of anilines is 2. The molecule has 0 saturated heterocycles. The van der Waals surface area contributed by atoms with Gasteiger partial charge in [-0.2, -0.15) is 0 Å². The van der Waals surface area contributed by atoms with Crippen LogP contribution in [0.15, 0.2) is 78.2 Å². The van der Waals surface area contributed by atoms with Crippen LogP contribution < -0.4 is 14.8 Å². The molecular weight excluding hydrogens is 424 g/mol. The number of sulfonamides is 1. The highest BCUT2D eigenvalue weighted by Crippen LogP contribution is 2.23. The maximum atomic E-state index is 13.0. The molecule has 0 bridgehead atoms. The molecule has 0 unspecified atom stereocenters. The third kappa shape index (κ3) is 5.76. The molecule has 0 radical (unpaired) electrons. The first-order valence-electron chi connectivity index (χ1n) is 10.0. The zero-order chi connectivity index (χ0) is 23.3. The Morgan fingerprint density at radius 2 is 1.59 bits per heavy atom. The van der Waals surface area contributed by atoms with E-state index in [2.05, 4.69) is 16.6 Å². The van der Waals surface area contributed by atoms with E-state index in [9.17, 15) is 13.2 Å². The van der Waals surface area contributed by atoms with Gasteiger partial charge in [-0.3, -0.25) is 9.52 Å². The molecule has 0 spiro atoms. The first-order valence-corrected chi connectivity index (χ1v) is 11.5. The van der Waals surface area contributed by atoms with Crippen LogP contribution in [-0.2, 0) is 10.0 Å². The van der Waals surface area contributed by atoms with Gasteiger partial charge in [0.1, 0.15) is 12.4 Å². The second kappa shape index (κ2) is 9.70. The van der Waals surface area contributed by atoms with Crippen molar-refractivity contribution >= 4 is 27.3 Å². The van der Waals surface area contributed by atoms with Gasteiger partial charge in [-0.15, -0.1) is 0 Å². The molecule has 3 aromatic carbocycles. The smallest absolute Gasteiger partial charge is 0.262 e. The van der Waals surface area contributed by atoms with Crippen molar-refractivity contribution in [1.82, 2.24) is 0 Å². The summed E-state index contributed by atoms with van der Waals surface area (Å²) < 4.78 is 34.1. The summed E-state index contributed by atoms with van der Waals surface area (Å²) >= 11 is 0. The fraction of sp³-hybridized carbons (Fsp3) is 0.160. The number of hydrogen-bond acceptors (Lipinski definition) is 4. The quantitative estimate of drug-likeness (QED) is 0.460. The molecule has 0 atom stereocenters. The zero-order valence-corrected chi connectivity index (χ0v) is 19.1. The van der Waals surface area contributed by atoms with Gasteiger partial charge in [0, 0.05) is 16.9 Å². The van der Waals surface area contributed by atoms with Crippen molar-refractivity contribution in [3.63, 3.8) is 0 Å². The number of ether oxygens (including phenoxy) is 1. The van der Waals surface area contributed by atoms with Gasteiger partial charge in [-0.1, -0.05) is 24.8 Å². The van der Waals surface area contributed by atoms with Crippen LogP contribution in [0.3, 0.4) is 0 Å². The third-order valence-corrected chi connectivity index (χ3v) is 6.22. The number of carbonyl (C=O) groups is 1. The monoisotopic (exact) mass is 450 g/mol. The van der Waals surface area contributed by atoms with E-state index in [1.165, 1.54) is 6.07 Å². The zero-order valence-electron chi connectivity index (χ0n) is 18.3. The molecule has 1 amide bonds. The van der Waals surface area contributed by atoms with Crippen molar-refractivity contribution in [3.05, 3.63) is 95.6 Å². The summed E-state index contributed by atoms with van der Waals surface area (Å²) in [5.74, 6) is 0.247. The van der Waals surface area contributed by atoms with Gasteiger partial charge in [-0.25, -0.2) is 8.42 Å². The van der Waals surface area contributed by atoms with Crippen molar-refractivity contribution < 1.29 is 17.9 Å². The molecule has 32 heavy (non-hydrogen) atoms. The minimum atomic E-state index is -3.88. The summed E-state index contributed by atoms with van der Waals surface area (Å²) in [5.41, 5.74) is 3.74. The largest absolute Gasteiger partial charge is 0.490 e. The highest BCUT2D eigenvalue weighted by atomic mass is 32.2. The predicted octanol–water partition coefficient (Wildman–Crippen LogP) is 5.23. The fourth-order valence-electron chi connectivity index (χ4n) is 3.27. The molecule has 7 heteroatoms. The average Bonchev–Trinajstić information content (AvgIpc) is 2.72. The van der Waals surface area contributed by atoms with Crippen LogP contribution >= 0.6 is 0 Å². The summed E-state index contributed by atoms with van der Waals surface area (Å²) in [6.07, 6.45) is 1.65. The lowest BCUT2D eigenvalue weighted by Gasteiger charge is -2.13. The summed E-state index contributed by atoms with van der Waals surface area (Å²) in [4.78, 5) is 12.8. The average molecular weight is 451 g/mol. The maximum Gasteiger partial charge on any atom is 0.262 e. The van der Waals surface area contributed by atoms with Crippen LogP contribution in [0.25, 0.3) is 0 Å². The molecule has 0 aliphatic carbocycles. The molecule has 0 aliphatic rings. The van der Waals surface area contributed by atoms with Gasteiger partial charge >= 0.3 is 0 Å². The Morgan fingerprint density at radius 1 is 0.938 bits per heavy atom. The SMILES string of the molecule is C=CCOc1ccc(NC(=O)c2ccc(C)c(S(=O)(=O)Nc3cc(C)cc(C)c3)c2)cc1. The van der Waals surface area contributed by atoms with Gasteiger partial charge in [0.25, 0.3) is 15.9 Å². The Balaban J connectivity index is 1.81. The van der Waals surface area contributed by atoms with E-state index in [1.807, 2.05) is 19.9 Å². The van der Waals surface area contributed by atoms with Crippen molar-refractivity contribution in [1.29, 1.82) is 0 Å². The molecule has 3 rings (SSSR count). The van der Waals surface area contributed by atoms with E-state index in [1.54, 1.807) is 61.5 Å². The van der Waals surface area contributed by atoms with Crippen LogP contribution in [0.1, 0.15) is 27.0 Å². The fourth-order valence-corrected chi connectivity index (χ4v) is 4.58. The number of benzene rings is 3. The highest BCUT2D eigenvalue weighted by molar-refractivity contribution is 7.92. The van der Waals surface area contributed by atoms with E-state index in [-0.39, 0.29) is 10.5 Å². The molecule has 0 aliphatic heterocycles. The maximum absolute atomic E-state index is 13.0. The topological polar surface area (TPSA) is 84.5 Å². The minimum Gasteiger partial charge on any atom is -0.490 e. The third-order valence-electron chi connectivity index (χ3n) is 4.69. The molecule has 166 valence electrons. The molecular formula is C25H26N2O4S. The lowest BCUT2D eigenvalue weighted by atomic mass is 10.1. The Bertz CT molecular complexity index is 1230. The van der Waals surface area contributed by atoms with Gasteiger partial charge in [-0.05, 0) is 86.0 Å². The molecule has 0 heterocycles. The molecule has 3 aromatic rings. The number of hydrogen-bond donors (Lipinski definition) is 2. The Hall–Kier alpha value is -3.58. The number of aryl methyl sites for hydroxylation is 3. The standard InChI is InChI=1S/C25H26N2O4S/c1-5-12-31-23-10-8-21(9-11-23)26-25(28)20-7-6-19(4)24(16-20)32(29,30)27-22-14-17(2)13-18(3)15-22/h5-11,13-16,27H,1,12H2,2-4H3,(H,26,28). The Labute approximate surface area is 189 Å². The van der Waals surface area contributed by atoms with Crippen LogP contribution in [0.5, 0.6) is 5.75 Å². The van der Waals surface area contributed by atoms with E-state index >= 15 is 0 Å². The molecule has 0 aromatic heterocycles. The summed E-state index contributed by atoms with van der Waals surface area (Å²) in [6.45, 7) is 9.49. The van der Waals surface area contributed by atoms with Gasteiger partial charge in [0.15, 0.2) is 0 Å². The van der Waals surface area contributed by atoms with Crippen molar-refractivity contribution in [2.75, 3.05) is 16.6 Å². The summed E-state index contributed by atoms with van der Waals surface area (Å²) in [7, 11) is -3.88. The predicted molar refractivity (Wildman–Crippen MR) is 128 cm³/mol. The Kier molecular flexibility index (Phi) is 7.00. The number of rotatable bonds is 8. The van der Waals surface area contributed by atoms with E-state index < -0.39 is 15.9 Å². The highest BCUT2D eigenvalue weighted by Gasteiger charge is 2.20. The first kappa shape index (κ1) is 23.1. The minimum absolute atomic E-state index is 0.0532. The van der Waals surface area contributed by atoms with E-state index in [4.69, 9.17) is 4.74 Å². The van der Waals surface area contributed by atoms with Crippen LogP contribution in [0, 0.1) is 20.8 Å². The van der Waals surface area contributed by atoms with Gasteiger partial charge in [0.2, 0.25) is 0 Å². The van der Waals surface area contributed by atoms with Crippen LogP contribution in [-0.4, -0.2) is 20.9 Å². The Morgan fingerprint density at radius 3 is 2.22 bits per heavy atom. The second-order valence-corrected chi connectivity index (χ2v) is 9.19. The molecule has 6 nitrogen and oxygen atoms in total. The first-order chi connectivity index (χ1) is 15.2. The number of nitrogens with one attached hydrogen (secondary N) is 2. The number of amides is 1. The van der Waals surface area contributed by atoms with Crippen LogP contribution in [0.2, 0.25) is 0 Å². The van der Waals surface area contributed by atoms with Gasteiger partial charge < -0.3 is 10.1 Å². The van der Waals surface area contributed by atoms with Crippen molar-refractivity contribution in [3.8, 4) is 5.75 Å². The molecule has 0 fully saturated rings. The van der Waals surface area contributed by atoms with E-state index in [0.29, 0.717) is 29.3 Å². The lowest BCUT2D eigenvalue weighted by molar-refractivity contribution is 0.102. The van der Waals surface area contributed by atoms with Crippen molar-refractivity contribution in [2.24, 2.45) is 0 Å². The summed E-state index contributed by atoms with van der Waals surface area (Å²) in [6, 6.07) is 17.0. The molecule has 0 saturated carbocycles. The summed E-state index contributed by atoms with van der Waals surface area (Å²) in [5, 5.41) is 2.77. The lowest BCUT2D eigenvalue weighted by Crippen LogP contribution is -2.17. The van der Waals surface area contributed by atoms with Crippen molar-refractivity contribution in [2.45, 2.75) is 25.7 Å². The van der Waals surface area contributed by atoms with Gasteiger partial charge in [0.05, 0.1) is 4.90 Å². The second-order valence-electron chi connectivity index (χ2n) is 7.54.